The number of rotatable bonds is 3. The molecule has 0 saturated heterocycles. The third-order valence-corrected chi connectivity index (χ3v) is 6.64. The van der Waals surface area contributed by atoms with Crippen LogP contribution in [0.5, 0.6) is 0 Å². The minimum Gasteiger partial charge on any atom is -0.173 e. The van der Waals surface area contributed by atoms with Gasteiger partial charge in [-0.15, -0.1) is 0 Å². The molecule has 0 bridgehead atoms. The van der Waals surface area contributed by atoms with Crippen molar-refractivity contribution in [2.75, 3.05) is 0 Å². The molecule has 0 atom stereocenters. The number of halogens is 6. The van der Waals surface area contributed by atoms with Gasteiger partial charge in [0.15, 0.2) is 0 Å². The Labute approximate surface area is 161 Å². The predicted molar refractivity (Wildman–Crippen MR) is 97.9 cm³/mol. The van der Waals surface area contributed by atoms with Crippen molar-refractivity contribution in [1.29, 1.82) is 0 Å². The van der Waals surface area contributed by atoms with E-state index in [4.69, 9.17) is 0 Å². The molecule has 7 heteroatoms. The van der Waals surface area contributed by atoms with Crippen molar-refractivity contribution >= 4 is 10.9 Å². The van der Waals surface area contributed by atoms with Crippen LogP contribution in [0.3, 0.4) is 0 Å². The maximum atomic E-state index is 12.9. The van der Waals surface area contributed by atoms with E-state index in [1.807, 2.05) is 31.2 Å². The van der Waals surface area contributed by atoms with Gasteiger partial charge in [-0.25, -0.2) is 0 Å². The highest BCUT2D eigenvalue weighted by Gasteiger charge is 2.31. The van der Waals surface area contributed by atoms with Crippen LogP contribution in [0.4, 0.5) is 26.3 Å². The standard InChI is InChI=1S/C21H16F6S/c1-14-2-8-17(9-3-14)28(18-10-4-15(5-11-18)20(22,23)24)19-12-6-16(7-13-19)21(25,26)27/h2-13,28H,1H3. The summed E-state index contributed by atoms with van der Waals surface area (Å²) < 4.78 is 77.2. The summed E-state index contributed by atoms with van der Waals surface area (Å²) in [7, 11) is -1.29. The minimum absolute atomic E-state index is 0.631. The zero-order valence-corrected chi connectivity index (χ0v) is 15.5. The highest BCUT2D eigenvalue weighted by Crippen LogP contribution is 2.52. The molecule has 0 heterocycles. The lowest BCUT2D eigenvalue weighted by Gasteiger charge is -2.24. The summed E-state index contributed by atoms with van der Waals surface area (Å²) >= 11 is 0. The summed E-state index contributed by atoms with van der Waals surface area (Å²) in [5.41, 5.74) is -0.511. The van der Waals surface area contributed by atoms with Gasteiger partial charge in [-0.3, -0.25) is 0 Å². The topological polar surface area (TPSA) is 0 Å². The van der Waals surface area contributed by atoms with Crippen molar-refractivity contribution in [3.05, 3.63) is 89.5 Å². The molecule has 0 aliphatic rings. The highest BCUT2D eigenvalue weighted by atomic mass is 32.2. The van der Waals surface area contributed by atoms with Crippen LogP contribution < -0.4 is 0 Å². The maximum Gasteiger partial charge on any atom is 0.416 e. The molecule has 0 spiro atoms. The smallest absolute Gasteiger partial charge is 0.173 e. The monoisotopic (exact) mass is 414 g/mol. The molecular weight excluding hydrogens is 398 g/mol. The van der Waals surface area contributed by atoms with E-state index in [0.29, 0.717) is 9.79 Å². The Balaban J connectivity index is 2.06. The average Bonchev–Trinajstić information content (AvgIpc) is 2.63. The van der Waals surface area contributed by atoms with E-state index in [0.717, 1.165) is 34.7 Å². The van der Waals surface area contributed by atoms with Gasteiger partial charge in [0.25, 0.3) is 0 Å². The normalized spacial score (nSPS) is 12.8. The molecule has 0 amide bonds. The molecule has 0 unspecified atom stereocenters. The number of aryl methyl sites for hydroxylation is 1. The van der Waals surface area contributed by atoms with Crippen molar-refractivity contribution in [2.45, 2.75) is 34.0 Å². The van der Waals surface area contributed by atoms with Crippen LogP contribution in [0.15, 0.2) is 87.5 Å². The van der Waals surface area contributed by atoms with Gasteiger partial charge in [0.05, 0.1) is 11.1 Å². The fourth-order valence-electron chi connectivity index (χ4n) is 2.74. The summed E-state index contributed by atoms with van der Waals surface area (Å²) in [5, 5.41) is 0. The molecule has 0 aromatic heterocycles. The van der Waals surface area contributed by atoms with E-state index in [-0.39, 0.29) is 0 Å². The van der Waals surface area contributed by atoms with Gasteiger partial charge < -0.3 is 0 Å². The molecule has 3 rings (SSSR count). The van der Waals surface area contributed by atoms with Crippen LogP contribution in [-0.2, 0) is 12.4 Å². The van der Waals surface area contributed by atoms with Crippen molar-refractivity contribution < 1.29 is 26.3 Å². The number of thiol groups is 1. The number of benzene rings is 3. The van der Waals surface area contributed by atoms with Crippen LogP contribution >= 0.6 is 10.9 Å². The molecule has 3 aromatic rings. The first-order valence-electron chi connectivity index (χ1n) is 8.27. The van der Waals surface area contributed by atoms with Crippen LogP contribution in [0, 0.1) is 6.92 Å². The van der Waals surface area contributed by atoms with Crippen molar-refractivity contribution in [3.8, 4) is 0 Å². The Morgan fingerprint density at radius 2 is 0.786 bits per heavy atom. The number of hydrogen-bond donors (Lipinski definition) is 1. The molecular formula is C21H16F6S. The van der Waals surface area contributed by atoms with Gasteiger partial charge in [0, 0.05) is 0 Å². The molecule has 0 N–H and O–H groups in total. The second-order valence-corrected chi connectivity index (χ2v) is 8.48. The van der Waals surface area contributed by atoms with Gasteiger partial charge in [0.1, 0.15) is 0 Å². The van der Waals surface area contributed by atoms with Crippen LogP contribution in [0.2, 0.25) is 0 Å². The van der Waals surface area contributed by atoms with Gasteiger partial charge in [-0.1, -0.05) is 17.7 Å². The number of alkyl halides is 6. The summed E-state index contributed by atoms with van der Waals surface area (Å²) in [6, 6.07) is 17.1. The Bertz CT molecular complexity index is 866. The Morgan fingerprint density at radius 1 is 0.500 bits per heavy atom. The van der Waals surface area contributed by atoms with E-state index in [9.17, 15) is 26.3 Å². The van der Waals surface area contributed by atoms with Crippen molar-refractivity contribution in [3.63, 3.8) is 0 Å². The summed E-state index contributed by atoms with van der Waals surface area (Å²) in [5.74, 6) is 0. The van der Waals surface area contributed by atoms with Crippen LogP contribution in [0.1, 0.15) is 16.7 Å². The summed E-state index contributed by atoms with van der Waals surface area (Å²) in [6.45, 7) is 1.91. The van der Waals surface area contributed by atoms with E-state index >= 15 is 0 Å². The molecule has 0 nitrogen and oxygen atoms in total. The molecule has 3 aromatic carbocycles. The largest absolute Gasteiger partial charge is 0.416 e. The maximum absolute atomic E-state index is 12.9. The molecule has 0 radical (unpaired) electrons. The Hall–Kier alpha value is -2.41. The second kappa shape index (κ2) is 7.54. The number of hydrogen-bond acceptors (Lipinski definition) is 0. The molecule has 0 saturated carbocycles. The average molecular weight is 414 g/mol. The first-order valence-corrected chi connectivity index (χ1v) is 9.61. The predicted octanol–water partition coefficient (Wildman–Crippen LogP) is 7.51. The fourth-order valence-corrected chi connectivity index (χ4v) is 4.98. The summed E-state index contributed by atoms with van der Waals surface area (Å²) in [4.78, 5) is 2.11. The second-order valence-electron chi connectivity index (χ2n) is 6.26. The molecule has 0 aliphatic carbocycles. The zero-order chi connectivity index (χ0) is 20.5. The molecule has 28 heavy (non-hydrogen) atoms. The Kier molecular flexibility index (Phi) is 5.48. The van der Waals surface area contributed by atoms with Crippen LogP contribution in [-0.4, -0.2) is 0 Å². The van der Waals surface area contributed by atoms with E-state index in [1.54, 1.807) is 0 Å². The van der Waals surface area contributed by atoms with E-state index in [2.05, 4.69) is 0 Å². The summed E-state index contributed by atoms with van der Waals surface area (Å²) in [6.07, 6.45) is -8.89. The molecule has 148 valence electrons. The lowest BCUT2D eigenvalue weighted by molar-refractivity contribution is -0.138. The third kappa shape index (κ3) is 4.52. The van der Waals surface area contributed by atoms with E-state index < -0.39 is 34.4 Å². The first kappa shape index (κ1) is 20.3. The SMILES string of the molecule is Cc1ccc([SH](c2ccc(C(F)(F)F)cc2)c2ccc(C(F)(F)F)cc2)cc1. The Morgan fingerprint density at radius 3 is 1.07 bits per heavy atom. The fraction of sp³-hybridized carbons (Fsp3) is 0.143. The molecule has 0 fully saturated rings. The van der Waals surface area contributed by atoms with Gasteiger partial charge >= 0.3 is 12.4 Å². The van der Waals surface area contributed by atoms with Crippen molar-refractivity contribution in [1.82, 2.24) is 0 Å². The quantitative estimate of drug-likeness (QED) is 0.333. The minimum atomic E-state index is -4.44. The highest BCUT2D eigenvalue weighted by molar-refractivity contribution is 8.17. The van der Waals surface area contributed by atoms with Gasteiger partial charge in [0.2, 0.25) is 0 Å². The first-order chi connectivity index (χ1) is 13.1. The van der Waals surface area contributed by atoms with Gasteiger partial charge in [-0.2, -0.15) is 37.2 Å². The third-order valence-electron chi connectivity index (χ3n) is 4.20. The zero-order valence-electron chi connectivity index (χ0n) is 14.6. The molecule has 0 aliphatic heterocycles. The lowest BCUT2D eigenvalue weighted by Crippen LogP contribution is -2.05. The van der Waals surface area contributed by atoms with Crippen molar-refractivity contribution in [2.24, 2.45) is 0 Å². The van der Waals surface area contributed by atoms with Crippen LogP contribution in [0.25, 0.3) is 0 Å². The lowest BCUT2D eigenvalue weighted by atomic mass is 10.2. The van der Waals surface area contributed by atoms with Gasteiger partial charge in [-0.05, 0) is 82.3 Å². The van der Waals surface area contributed by atoms with E-state index in [1.165, 1.54) is 24.3 Å².